The summed E-state index contributed by atoms with van der Waals surface area (Å²) in [5.41, 5.74) is 1.11. The molecule has 0 saturated carbocycles. The minimum atomic E-state index is -1.14. The average Bonchev–Trinajstić information content (AvgIpc) is 3.39. The van der Waals surface area contributed by atoms with Gasteiger partial charge in [0.2, 0.25) is 16.8 Å². The lowest BCUT2D eigenvalue weighted by molar-refractivity contribution is -0.132. The molecule has 3 aliphatic heterocycles. The van der Waals surface area contributed by atoms with Gasteiger partial charge in [0.25, 0.3) is 0 Å². The Kier molecular flexibility index (Phi) is 5.87. The molecule has 12 heteroatoms. The second kappa shape index (κ2) is 8.82. The Bertz CT molecular complexity index is 1090. The van der Waals surface area contributed by atoms with Crippen LogP contribution in [-0.2, 0) is 40.2 Å². The number of amides is 1. The van der Waals surface area contributed by atoms with Gasteiger partial charge in [0.05, 0.1) is 13.2 Å². The van der Waals surface area contributed by atoms with Gasteiger partial charge in [-0.15, -0.1) is 0 Å². The highest BCUT2D eigenvalue weighted by molar-refractivity contribution is 7.91. The number of fused-ring (bicyclic) bond motifs is 2. The number of aryl methyl sites for hydroxylation is 1. The lowest BCUT2D eigenvalue weighted by Crippen LogP contribution is -2.43. The van der Waals surface area contributed by atoms with Crippen LogP contribution >= 0.6 is 0 Å². The molecule has 3 aliphatic rings. The second-order valence-electron chi connectivity index (χ2n) is 8.48. The van der Waals surface area contributed by atoms with Crippen molar-refractivity contribution in [2.45, 2.75) is 50.2 Å². The van der Waals surface area contributed by atoms with E-state index in [0.29, 0.717) is 80.2 Å². The van der Waals surface area contributed by atoms with Crippen molar-refractivity contribution >= 4 is 34.8 Å². The fourth-order valence-corrected chi connectivity index (χ4v) is 5.79. The first kappa shape index (κ1) is 22.0. The van der Waals surface area contributed by atoms with E-state index < -0.39 is 17.1 Å². The first-order chi connectivity index (χ1) is 15.9. The van der Waals surface area contributed by atoms with Crippen LogP contribution in [0.5, 0.6) is 0 Å². The molecule has 176 valence electrons. The topological polar surface area (TPSA) is 129 Å². The third kappa shape index (κ3) is 4.24. The van der Waals surface area contributed by atoms with Crippen molar-refractivity contribution in [1.82, 2.24) is 24.4 Å². The first-order valence-corrected chi connectivity index (χ1v) is 12.5. The zero-order chi connectivity index (χ0) is 23.1. The first-order valence-electron chi connectivity index (χ1n) is 11.2. The van der Waals surface area contributed by atoms with E-state index in [1.54, 1.807) is 25.1 Å². The second-order valence-corrected chi connectivity index (χ2v) is 9.99. The Morgan fingerprint density at radius 1 is 1.30 bits per heavy atom. The van der Waals surface area contributed by atoms with Crippen molar-refractivity contribution in [1.29, 1.82) is 0 Å². The summed E-state index contributed by atoms with van der Waals surface area (Å²) in [7, 11) is 1.80. The Morgan fingerprint density at radius 3 is 2.94 bits per heavy atom. The van der Waals surface area contributed by atoms with Gasteiger partial charge in [0.15, 0.2) is 11.5 Å². The van der Waals surface area contributed by atoms with E-state index in [1.165, 1.54) is 0 Å². The normalized spacial score (nSPS) is 22.2. The Hall–Kier alpha value is -2.86. The maximum absolute atomic E-state index is 12.7. The fraction of sp³-hybridized carbons (Fsp3) is 0.571. The molecule has 1 N–H and O–H groups in total. The summed E-state index contributed by atoms with van der Waals surface area (Å²) in [5.74, 6) is 2.15. The minimum Gasteiger partial charge on any atom is -0.611 e. The molecule has 33 heavy (non-hydrogen) atoms. The van der Waals surface area contributed by atoms with Crippen molar-refractivity contribution < 1.29 is 18.9 Å². The number of hydrogen-bond donors (Lipinski definition) is 1. The third-order valence-electron chi connectivity index (χ3n) is 6.21. The zero-order valence-corrected chi connectivity index (χ0v) is 19.6. The molecule has 5 rings (SSSR count). The van der Waals surface area contributed by atoms with E-state index in [9.17, 15) is 14.1 Å². The molecule has 1 amide bonds. The van der Waals surface area contributed by atoms with Crippen LogP contribution in [0.1, 0.15) is 41.8 Å². The highest BCUT2D eigenvalue weighted by atomic mass is 32.2. The van der Waals surface area contributed by atoms with E-state index in [-0.39, 0.29) is 11.9 Å². The number of carbonyl (C=O) groups is 2. The Morgan fingerprint density at radius 2 is 2.15 bits per heavy atom. The number of piperidine rings is 1. The van der Waals surface area contributed by atoms with Gasteiger partial charge in [-0.2, -0.15) is 4.98 Å². The summed E-state index contributed by atoms with van der Waals surface area (Å²) in [5, 5.41) is 3.45. The van der Waals surface area contributed by atoms with Gasteiger partial charge in [-0.3, -0.25) is 4.79 Å². The molecule has 1 unspecified atom stereocenters. The van der Waals surface area contributed by atoms with Crippen LogP contribution in [0.2, 0.25) is 0 Å². The maximum atomic E-state index is 12.7. The van der Waals surface area contributed by atoms with Crippen LogP contribution in [-0.4, -0.2) is 79.4 Å². The molecular formula is C21H27N7O4S. The van der Waals surface area contributed by atoms with Crippen molar-refractivity contribution in [2.24, 2.45) is 0 Å². The summed E-state index contributed by atoms with van der Waals surface area (Å²) in [6.45, 7) is 4.42. The Balaban J connectivity index is 1.40. The standard InChI is InChI=1S/C21H27N7O4S/c1-3-32-20(30)15-11-27-7-8-28(12-16(27)23-15)21-24-14-6-9-33(31)18(14)19(25-21)22-13-4-5-17(29)26(2)10-13/h11,13H,3-10,12H2,1-2H3,(H,22,24,25)/t13-,33?/m0/s1. The molecule has 0 radical (unpaired) electrons. The van der Waals surface area contributed by atoms with E-state index in [0.717, 1.165) is 11.5 Å². The van der Waals surface area contributed by atoms with Crippen LogP contribution < -0.4 is 10.2 Å². The molecule has 1 fully saturated rings. The number of rotatable bonds is 5. The smallest absolute Gasteiger partial charge is 0.358 e. The van der Waals surface area contributed by atoms with Crippen LogP contribution in [0.15, 0.2) is 11.1 Å². The lowest BCUT2D eigenvalue weighted by atomic mass is 10.1. The monoisotopic (exact) mass is 473 g/mol. The summed E-state index contributed by atoms with van der Waals surface area (Å²) in [6, 6.07) is 0.0459. The number of nitrogens with one attached hydrogen (secondary N) is 1. The molecule has 5 heterocycles. The summed E-state index contributed by atoms with van der Waals surface area (Å²) in [6.07, 6.45) is 3.56. The molecule has 2 aromatic rings. The zero-order valence-electron chi connectivity index (χ0n) is 18.7. The summed E-state index contributed by atoms with van der Waals surface area (Å²) in [4.78, 5) is 42.3. The van der Waals surface area contributed by atoms with Gasteiger partial charge in [0.1, 0.15) is 17.3 Å². The number of imidazole rings is 1. The molecule has 0 spiro atoms. The molecule has 1 saturated heterocycles. The highest BCUT2D eigenvalue weighted by Crippen LogP contribution is 2.34. The van der Waals surface area contributed by atoms with E-state index in [1.807, 2.05) is 9.47 Å². The number of ether oxygens (including phenoxy) is 1. The number of hydrogen-bond acceptors (Lipinski definition) is 9. The van der Waals surface area contributed by atoms with Gasteiger partial charge in [0, 0.05) is 51.8 Å². The number of carbonyl (C=O) groups excluding carboxylic acids is 2. The van der Waals surface area contributed by atoms with Gasteiger partial charge >= 0.3 is 5.97 Å². The quantitative estimate of drug-likeness (QED) is 0.489. The molecule has 2 atom stereocenters. The van der Waals surface area contributed by atoms with Crippen LogP contribution in [0.3, 0.4) is 0 Å². The Labute approximate surface area is 194 Å². The number of nitrogens with zero attached hydrogens (tertiary/aromatic N) is 6. The summed E-state index contributed by atoms with van der Waals surface area (Å²) < 4.78 is 19.7. The predicted octanol–water partition coefficient (Wildman–Crippen LogP) is 0.566. The lowest BCUT2D eigenvalue weighted by Gasteiger charge is -2.31. The van der Waals surface area contributed by atoms with Crippen molar-refractivity contribution in [3.8, 4) is 0 Å². The number of anilines is 2. The van der Waals surface area contributed by atoms with Crippen LogP contribution in [0.25, 0.3) is 0 Å². The number of aromatic nitrogens is 4. The van der Waals surface area contributed by atoms with Crippen LogP contribution in [0, 0.1) is 0 Å². The van der Waals surface area contributed by atoms with E-state index >= 15 is 0 Å². The van der Waals surface area contributed by atoms with Gasteiger partial charge in [-0.25, -0.2) is 14.8 Å². The average molecular weight is 474 g/mol. The van der Waals surface area contributed by atoms with E-state index in [4.69, 9.17) is 14.7 Å². The van der Waals surface area contributed by atoms with Gasteiger partial charge in [-0.05, 0) is 24.5 Å². The maximum Gasteiger partial charge on any atom is 0.358 e. The van der Waals surface area contributed by atoms with Crippen LogP contribution in [0.4, 0.5) is 11.8 Å². The molecule has 2 aromatic heterocycles. The largest absolute Gasteiger partial charge is 0.611 e. The predicted molar refractivity (Wildman–Crippen MR) is 121 cm³/mol. The number of esters is 1. The molecular weight excluding hydrogens is 446 g/mol. The molecule has 0 aromatic carbocycles. The van der Waals surface area contributed by atoms with Crippen molar-refractivity contribution in [3.05, 3.63) is 23.4 Å². The number of likely N-dealkylation sites (tertiary alicyclic amines) is 1. The third-order valence-corrected chi connectivity index (χ3v) is 7.67. The summed E-state index contributed by atoms with van der Waals surface area (Å²) >= 11 is -1.14. The minimum absolute atomic E-state index is 0.0459. The SMILES string of the molecule is CCOC(=O)c1cn2c(n1)CN(c1nc3c(c(N[C@H]4CCC(=O)N(C)C4)n1)[S+]([O-])CC3)CC2. The fourth-order valence-electron chi connectivity index (χ4n) is 4.47. The van der Waals surface area contributed by atoms with Crippen molar-refractivity contribution in [2.75, 3.05) is 42.7 Å². The molecule has 11 nitrogen and oxygen atoms in total. The van der Waals surface area contributed by atoms with Gasteiger partial charge in [-0.1, -0.05) is 0 Å². The highest BCUT2D eigenvalue weighted by Gasteiger charge is 2.35. The number of likely N-dealkylation sites (N-methyl/N-ethyl adjacent to an activating group) is 1. The molecule has 0 aliphatic carbocycles. The van der Waals surface area contributed by atoms with Gasteiger partial charge < -0.3 is 29.0 Å². The van der Waals surface area contributed by atoms with E-state index in [2.05, 4.69) is 10.3 Å². The van der Waals surface area contributed by atoms with Crippen molar-refractivity contribution in [3.63, 3.8) is 0 Å². The molecule has 0 bridgehead atoms.